The zero-order valence-electron chi connectivity index (χ0n) is 16.2. The number of phenolic OH excluding ortho intramolecular Hbond substituents is 1. The summed E-state index contributed by atoms with van der Waals surface area (Å²) in [5.74, 6) is 1.44. The Labute approximate surface area is 164 Å². The molecular formula is C22H26N2O4+2. The lowest BCUT2D eigenvalue weighted by Crippen LogP contribution is -3.26. The molecule has 2 aliphatic heterocycles. The number of ether oxygens (including phenoxy) is 2. The summed E-state index contributed by atoms with van der Waals surface area (Å²) in [6, 6.07) is 10.7. The predicted molar refractivity (Wildman–Crippen MR) is 105 cm³/mol. The van der Waals surface area contributed by atoms with Gasteiger partial charge in [0.15, 0.2) is 11.5 Å². The molecule has 0 saturated carbocycles. The number of para-hydroxylation sites is 1. The average Bonchev–Trinajstić information content (AvgIpc) is 3.02. The summed E-state index contributed by atoms with van der Waals surface area (Å²) in [5.41, 5.74) is 2.00. The number of rotatable bonds is 4. The quantitative estimate of drug-likeness (QED) is 0.648. The summed E-state index contributed by atoms with van der Waals surface area (Å²) in [6.07, 6.45) is 1.70. The molecule has 0 bridgehead atoms. The van der Waals surface area contributed by atoms with E-state index >= 15 is 0 Å². The highest BCUT2D eigenvalue weighted by Crippen LogP contribution is 2.39. The Bertz CT molecular complexity index is 930. The average molecular weight is 382 g/mol. The number of carbonyl (C=O) groups is 1. The van der Waals surface area contributed by atoms with Crippen molar-refractivity contribution in [2.45, 2.75) is 6.54 Å². The van der Waals surface area contributed by atoms with Crippen LogP contribution < -0.4 is 19.3 Å². The van der Waals surface area contributed by atoms with E-state index in [0.29, 0.717) is 29.2 Å². The Morgan fingerprint density at radius 3 is 2.64 bits per heavy atom. The molecule has 146 valence electrons. The number of phenols is 1. The molecule has 4 rings (SSSR count). The summed E-state index contributed by atoms with van der Waals surface area (Å²) in [6.45, 7) is 4.92. The van der Waals surface area contributed by atoms with Crippen LogP contribution in [0.5, 0.6) is 17.2 Å². The van der Waals surface area contributed by atoms with Crippen molar-refractivity contribution in [1.82, 2.24) is 0 Å². The molecule has 28 heavy (non-hydrogen) atoms. The van der Waals surface area contributed by atoms with Crippen molar-refractivity contribution in [3.63, 3.8) is 0 Å². The van der Waals surface area contributed by atoms with Crippen LogP contribution in [0.4, 0.5) is 0 Å². The lowest BCUT2D eigenvalue weighted by atomic mass is 10.0. The van der Waals surface area contributed by atoms with E-state index < -0.39 is 0 Å². The van der Waals surface area contributed by atoms with Gasteiger partial charge in [-0.3, -0.25) is 4.79 Å². The summed E-state index contributed by atoms with van der Waals surface area (Å²) >= 11 is 0. The number of hydrogen-bond acceptors (Lipinski definition) is 4. The second-order valence-corrected chi connectivity index (χ2v) is 7.51. The SMILES string of the molecule is COc1ccccc1C=C1Oc2c(ccc(O)c2C[NH+]2CC[NH+](C)CC2)C1=O. The van der Waals surface area contributed by atoms with Gasteiger partial charge >= 0.3 is 0 Å². The molecule has 0 radical (unpaired) electrons. The Hall–Kier alpha value is -2.83. The fourth-order valence-electron chi connectivity index (χ4n) is 3.85. The molecule has 2 aromatic carbocycles. The van der Waals surface area contributed by atoms with Gasteiger partial charge in [-0.2, -0.15) is 0 Å². The highest BCUT2D eigenvalue weighted by atomic mass is 16.5. The first-order valence-electron chi connectivity index (χ1n) is 9.64. The number of piperazine rings is 1. The van der Waals surface area contributed by atoms with E-state index in [9.17, 15) is 9.90 Å². The van der Waals surface area contributed by atoms with Crippen LogP contribution in [0.15, 0.2) is 42.2 Å². The van der Waals surface area contributed by atoms with Crippen molar-refractivity contribution in [2.75, 3.05) is 40.3 Å². The van der Waals surface area contributed by atoms with Crippen LogP contribution in [0, 0.1) is 0 Å². The Morgan fingerprint density at radius 2 is 1.89 bits per heavy atom. The Kier molecular flexibility index (Phi) is 5.07. The standard InChI is InChI=1S/C22H24N2O4/c1-23-9-11-24(12-10-23)14-17-18(25)8-7-16-21(26)20(28-22(16)17)13-15-5-3-4-6-19(15)27-2/h3-8,13,25H,9-12,14H2,1-2H3/p+2. The van der Waals surface area contributed by atoms with Crippen molar-refractivity contribution < 1.29 is 29.2 Å². The molecule has 6 heteroatoms. The highest BCUT2D eigenvalue weighted by Gasteiger charge is 2.33. The summed E-state index contributed by atoms with van der Waals surface area (Å²) < 4.78 is 11.3. The van der Waals surface area contributed by atoms with Crippen molar-refractivity contribution in [3.8, 4) is 17.2 Å². The maximum Gasteiger partial charge on any atom is 0.231 e. The Balaban J connectivity index is 1.64. The second kappa shape index (κ2) is 7.66. The van der Waals surface area contributed by atoms with E-state index in [1.807, 2.05) is 24.3 Å². The minimum Gasteiger partial charge on any atom is -0.507 e. The van der Waals surface area contributed by atoms with Gasteiger partial charge in [0.25, 0.3) is 0 Å². The lowest BCUT2D eigenvalue weighted by molar-refractivity contribution is -1.01. The molecule has 2 aromatic rings. The monoisotopic (exact) mass is 382 g/mol. The summed E-state index contributed by atoms with van der Waals surface area (Å²) in [7, 11) is 3.80. The Morgan fingerprint density at radius 1 is 1.14 bits per heavy atom. The minimum absolute atomic E-state index is 0.167. The maximum absolute atomic E-state index is 12.9. The van der Waals surface area contributed by atoms with E-state index in [0.717, 1.165) is 31.7 Å². The molecular weight excluding hydrogens is 356 g/mol. The zero-order chi connectivity index (χ0) is 19.7. The van der Waals surface area contributed by atoms with Crippen molar-refractivity contribution in [2.24, 2.45) is 0 Å². The minimum atomic E-state index is -0.167. The van der Waals surface area contributed by atoms with Gasteiger partial charge in [0, 0.05) is 5.56 Å². The number of ketones is 1. The van der Waals surface area contributed by atoms with Gasteiger partial charge in [-0.05, 0) is 24.3 Å². The number of aromatic hydroxyl groups is 1. The van der Waals surface area contributed by atoms with Crippen LogP contribution in [0.25, 0.3) is 6.08 Å². The van der Waals surface area contributed by atoms with Crippen LogP contribution in [-0.4, -0.2) is 51.2 Å². The van der Waals surface area contributed by atoms with Crippen LogP contribution in [0.3, 0.4) is 0 Å². The van der Waals surface area contributed by atoms with Crippen molar-refractivity contribution >= 4 is 11.9 Å². The molecule has 0 aromatic heterocycles. The van der Waals surface area contributed by atoms with Crippen LogP contribution in [0.2, 0.25) is 0 Å². The molecule has 6 nitrogen and oxygen atoms in total. The number of carbonyl (C=O) groups excluding carboxylic acids is 1. The number of Topliss-reactive ketones (excluding diaryl/α,β-unsaturated/α-hetero) is 1. The molecule has 0 amide bonds. The van der Waals surface area contributed by atoms with E-state index in [2.05, 4.69) is 7.05 Å². The molecule has 2 heterocycles. The largest absolute Gasteiger partial charge is 0.507 e. The van der Waals surface area contributed by atoms with Crippen molar-refractivity contribution in [1.29, 1.82) is 0 Å². The summed E-state index contributed by atoms with van der Waals surface area (Å²) in [4.78, 5) is 15.8. The van der Waals surface area contributed by atoms with Gasteiger partial charge in [0.2, 0.25) is 5.78 Å². The molecule has 0 spiro atoms. The number of quaternary nitrogens is 2. The van der Waals surface area contributed by atoms with E-state index in [-0.39, 0.29) is 17.3 Å². The molecule has 2 aliphatic rings. The summed E-state index contributed by atoms with van der Waals surface area (Å²) in [5, 5.41) is 10.5. The molecule has 0 unspecified atom stereocenters. The highest BCUT2D eigenvalue weighted by molar-refractivity contribution is 6.15. The smallest absolute Gasteiger partial charge is 0.231 e. The van der Waals surface area contributed by atoms with Gasteiger partial charge in [-0.1, -0.05) is 18.2 Å². The fraction of sp³-hybridized carbons (Fsp3) is 0.318. The number of likely N-dealkylation sites (N-methyl/N-ethyl adjacent to an activating group) is 1. The van der Waals surface area contributed by atoms with Gasteiger partial charge in [0.05, 0.1) is 25.3 Å². The van der Waals surface area contributed by atoms with Crippen LogP contribution in [-0.2, 0) is 6.54 Å². The number of nitrogens with one attached hydrogen (secondary N) is 2. The van der Waals surface area contributed by atoms with Crippen LogP contribution >= 0.6 is 0 Å². The lowest BCUT2D eigenvalue weighted by Gasteiger charge is -2.27. The number of benzene rings is 2. The number of hydrogen-bond donors (Lipinski definition) is 3. The number of allylic oxidation sites excluding steroid dienone is 1. The first-order chi connectivity index (χ1) is 13.6. The fourth-order valence-corrected chi connectivity index (χ4v) is 3.85. The van der Waals surface area contributed by atoms with E-state index in [4.69, 9.17) is 9.47 Å². The molecule has 1 saturated heterocycles. The van der Waals surface area contributed by atoms with E-state index in [1.54, 1.807) is 25.3 Å². The predicted octanol–water partition coefficient (Wildman–Crippen LogP) is -0.0698. The van der Waals surface area contributed by atoms with Crippen molar-refractivity contribution in [3.05, 3.63) is 58.8 Å². The number of fused-ring (bicyclic) bond motifs is 1. The molecule has 0 aliphatic carbocycles. The second-order valence-electron chi connectivity index (χ2n) is 7.51. The van der Waals surface area contributed by atoms with E-state index in [1.165, 1.54) is 9.80 Å². The first kappa shape index (κ1) is 18.5. The topological polar surface area (TPSA) is 64.6 Å². The van der Waals surface area contributed by atoms with Gasteiger partial charge < -0.3 is 24.4 Å². The molecule has 1 fully saturated rings. The van der Waals surface area contributed by atoms with Gasteiger partial charge in [-0.15, -0.1) is 0 Å². The van der Waals surface area contributed by atoms with Gasteiger partial charge in [0.1, 0.15) is 44.2 Å². The van der Waals surface area contributed by atoms with Crippen LogP contribution in [0.1, 0.15) is 21.5 Å². The maximum atomic E-state index is 12.9. The third-order valence-corrected chi connectivity index (χ3v) is 5.58. The van der Waals surface area contributed by atoms with Gasteiger partial charge in [-0.25, -0.2) is 0 Å². The normalized spacial score (nSPS) is 22.8. The third-order valence-electron chi connectivity index (χ3n) is 5.58. The first-order valence-corrected chi connectivity index (χ1v) is 9.64. The zero-order valence-corrected chi connectivity index (χ0v) is 16.2. The number of methoxy groups -OCH3 is 1. The molecule has 0 atom stereocenters. The third kappa shape index (κ3) is 3.48. The molecule has 3 N–H and O–H groups in total.